The lowest BCUT2D eigenvalue weighted by atomic mass is 10.3. The zero-order valence-corrected chi connectivity index (χ0v) is 10.1. The van der Waals surface area contributed by atoms with Crippen molar-refractivity contribution < 1.29 is 24.0 Å². The predicted octanol–water partition coefficient (Wildman–Crippen LogP) is 0.367. The van der Waals surface area contributed by atoms with E-state index in [0.29, 0.717) is 5.88 Å². The highest BCUT2D eigenvalue weighted by Crippen LogP contribution is 2.16. The first-order chi connectivity index (χ1) is 9.01. The number of aryl methyl sites for hydroxylation is 1. The number of anilines is 1. The van der Waals surface area contributed by atoms with Crippen LogP contribution in [0, 0.1) is 0 Å². The largest absolute Gasteiger partial charge is 0.481 e. The second-order valence-electron chi connectivity index (χ2n) is 3.53. The summed E-state index contributed by atoms with van der Waals surface area (Å²) >= 11 is 0. The number of hydrogen-bond donors (Lipinski definition) is 2. The third-order valence-electron chi connectivity index (χ3n) is 2.24. The maximum absolute atomic E-state index is 11.7. The van der Waals surface area contributed by atoms with Crippen LogP contribution in [0.1, 0.15) is 21.0 Å². The molecule has 100 valence electrons. The molecular formula is C10H10N4O5. The number of carboxylic acids is 1. The van der Waals surface area contributed by atoms with Crippen molar-refractivity contribution in [2.45, 2.75) is 0 Å². The summed E-state index contributed by atoms with van der Waals surface area (Å²) in [6.45, 7) is 0. The Bertz CT molecular complexity index is 630. The van der Waals surface area contributed by atoms with Gasteiger partial charge in [-0.05, 0) is 0 Å². The molecule has 0 fully saturated rings. The van der Waals surface area contributed by atoms with E-state index in [2.05, 4.69) is 20.1 Å². The molecule has 0 spiro atoms. The standard InChI is InChI=1S/C10H10N4O5/c1-14-8(18-2)4-7(12-14)11-9(15)5-3-6(10(16)17)19-13-5/h3-4H,1-2H3,(H,16,17)(H,11,12,15). The number of aromatic carboxylic acids is 1. The second kappa shape index (κ2) is 4.80. The van der Waals surface area contributed by atoms with Crippen molar-refractivity contribution in [3.8, 4) is 5.88 Å². The van der Waals surface area contributed by atoms with Crippen LogP contribution >= 0.6 is 0 Å². The average molecular weight is 266 g/mol. The Kier molecular flexibility index (Phi) is 3.19. The Morgan fingerprint density at radius 2 is 2.21 bits per heavy atom. The minimum Gasteiger partial charge on any atom is -0.481 e. The highest BCUT2D eigenvalue weighted by molar-refractivity contribution is 6.03. The number of aromatic nitrogens is 3. The number of carboxylic acid groups (broad SMARTS) is 1. The van der Waals surface area contributed by atoms with E-state index in [1.165, 1.54) is 17.9 Å². The first-order valence-corrected chi connectivity index (χ1v) is 5.10. The number of carbonyl (C=O) groups excluding carboxylic acids is 1. The van der Waals surface area contributed by atoms with Gasteiger partial charge in [-0.1, -0.05) is 5.16 Å². The van der Waals surface area contributed by atoms with E-state index in [1.807, 2.05) is 0 Å². The van der Waals surface area contributed by atoms with Crippen LogP contribution < -0.4 is 10.1 Å². The van der Waals surface area contributed by atoms with Gasteiger partial charge in [0.05, 0.1) is 7.11 Å². The summed E-state index contributed by atoms with van der Waals surface area (Å²) < 4.78 is 10.9. The monoisotopic (exact) mass is 266 g/mol. The van der Waals surface area contributed by atoms with Gasteiger partial charge in [0, 0.05) is 19.2 Å². The van der Waals surface area contributed by atoms with Crippen molar-refractivity contribution in [2.24, 2.45) is 7.05 Å². The maximum atomic E-state index is 11.7. The third-order valence-corrected chi connectivity index (χ3v) is 2.24. The number of carbonyl (C=O) groups is 2. The molecule has 0 radical (unpaired) electrons. The van der Waals surface area contributed by atoms with Crippen molar-refractivity contribution in [1.29, 1.82) is 0 Å². The molecule has 1 amide bonds. The van der Waals surface area contributed by atoms with Crippen LogP contribution in [0.4, 0.5) is 5.82 Å². The summed E-state index contributed by atoms with van der Waals surface area (Å²) in [6.07, 6.45) is 0. The van der Waals surface area contributed by atoms with Crippen molar-refractivity contribution in [1.82, 2.24) is 14.9 Å². The molecular weight excluding hydrogens is 256 g/mol. The number of methoxy groups -OCH3 is 1. The number of nitrogens with one attached hydrogen (secondary N) is 1. The van der Waals surface area contributed by atoms with Crippen LogP contribution in [0.25, 0.3) is 0 Å². The van der Waals surface area contributed by atoms with Gasteiger partial charge < -0.3 is 19.7 Å². The fraction of sp³-hybridized carbons (Fsp3) is 0.200. The molecule has 0 aliphatic carbocycles. The molecule has 2 aromatic rings. The molecule has 0 bridgehead atoms. The third kappa shape index (κ3) is 2.54. The Balaban J connectivity index is 2.13. The van der Waals surface area contributed by atoms with Gasteiger partial charge in [0.15, 0.2) is 11.5 Å². The van der Waals surface area contributed by atoms with Crippen molar-refractivity contribution in [2.75, 3.05) is 12.4 Å². The Labute approximate surface area is 106 Å². The summed E-state index contributed by atoms with van der Waals surface area (Å²) in [5, 5.41) is 18.4. The molecule has 0 aliphatic rings. The summed E-state index contributed by atoms with van der Waals surface area (Å²) in [4.78, 5) is 22.3. The van der Waals surface area contributed by atoms with Gasteiger partial charge in [-0.25, -0.2) is 9.48 Å². The van der Waals surface area contributed by atoms with Crippen molar-refractivity contribution in [3.63, 3.8) is 0 Å². The number of hydrogen-bond acceptors (Lipinski definition) is 6. The lowest BCUT2D eigenvalue weighted by Crippen LogP contribution is -2.12. The molecule has 9 heteroatoms. The smallest absolute Gasteiger partial charge is 0.374 e. The summed E-state index contributed by atoms with van der Waals surface area (Å²) in [5.41, 5.74) is -0.151. The van der Waals surface area contributed by atoms with Crippen LogP contribution in [0.15, 0.2) is 16.7 Å². The normalized spacial score (nSPS) is 10.2. The van der Waals surface area contributed by atoms with Crippen LogP contribution in [-0.2, 0) is 7.05 Å². The van der Waals surface area contributed by atoms with E-state index in [1.54, 1.807) is 7.05 Å². The first-order valence-electron chi connectivity index (χ1n) is 5.10. The molecule has 19 heavy (non-hydrogen) atoms. The van der Waals surface area contributed by atoms with E-state index in [9.17, 15) is 9.59 Å². The number of amides is 1. The fourth-order valence-electron chi connectivity index (χ4n) is 1.37. The molecule has 0 saturated heterocycles. The zero-order chi connectivity index (χ0) is 14.0. The van der Waals surface area contributed by atoms with Gasteiger partial charge in [-0.3, -0.25) is 4.79 Å². The number of rotatable bonds is 4. The molecule has 2 rings (SSSR count). The zero-order valence-electron chi connectivity index (χ0n) is 10.1. The molecule has 0 unspecified atom stereocenters. The van der Waals surface area contributed by atoms with E-state index in [4.69, 9.17) is 9.84 Å². The van der Waals surface area contributed by atoms with Gasteiger partial charge >= 0.3 is 5.97 Å². The topological polar surface area (TPSA) is 119 Å². The maximum Gasteiger partial charge on any atom is 0.374 e. The lowest BCUT2D eigenvalue weighted by molar-refractivity contribution is 0.0651. The van der Waals surface area contributed by atoms with E-state index >= 15 is 0 Å². The van der Waals surface area contributed by atoms with E-state index in [-0.39, 0.29) is 11.5 Å². The van der Waals surface area contributed by atoms with E-state index in [0.717, 1.165) is 6.07 Å². The summed E-state index contributed by atoms with van der Waals surface area (Å²) in [5.74, 6) is -1.63. The molecule has 0 aromatic carbocycles. The number of ether oxygens (including phenoxy) is 1. The average Bonchev–Trinajstić information content (AvgIpc) is 2.95. The van der Waals surface area contributed by atoms with Crippen LogP contribution in [-0.4, -0.2) is 39.0 Å². The molecule has 2 heterocycles. The van der Waals surface area contributed by atoms with Gasteiger partial charge in [-0.15, -0.1) is 0 Å². The lowest BCUT2D eigenvalue weighted by Gasteiger charge is -1.96. The van der Waals surface area contributed by atoms with Crippen molar-refractivity contribution >= 4 is 17.7 Å². The summed E-state index contributed by atoms with van der Waals surface area (Å²) in [7, 11) is 3.12. The van der Waals surface area contributed by atoms with Crippen molar-refractivity contribution in [3.05, 3.63) is 23.6 Å². The highest BCUT2D eigenvalue weighted by atomic mass is 16.5. The van der Waals surface area contributed by atoms with Gasteiger partial charge in [0.2, 0.25) is 11.6 Å². The molecule has 0 saturated carbocycles. The highest BCUT2D eigenvalue weighted by Gasteiger charge is 2.18. The van der Waals surface area contributed by atoms with Gasteiger partial charge in [-0.2, -0.15) is 5.10 Å². The minimum atomic E-state index is -1.30. The van der Waals surface area contributed by atoms with Crippen LogP contribution in [0.3, 0.4) is 0 Å². The fourth-order valence-corrected chi connectivity index (χ4v) is 1.37. The Morgan fingerprint density at radius 1 is 1.47 bits per heavy atom. The quantitative estimate of drug-likeness (QED) is 0.820. The molecule has 0 atom stereocenters. The molecule has 9 nitrogen and oxygen atoms in total. The Morgan fingerprint density at radius 3 is 2.74 bits per heavy atom. The number of nitrogens with zero attached hydrogens (tertiary/aromatic N) is 3. The minimum absolute atomic E-state index is 0.151. The molecule has 0 aliphatic heterocycles. The van der Waals surface area contributed by atoms with Crippen LogP contribution in [0.2, 0.25) is 0 Å². The van der Waals surface area contributed by atoms with E-state index < -0.39 is 17.6 Å². The first kappa shape index (κ1) is 12.6. The van der Waals surface area contributed by atoms with Crippen LogP contribution in [0.5, 0.6) is 5.88 Å². The Hall–Kier alpha value is -2.84. The SMILES string of the molecule is COc1cc(NC(=O)c2cc(C(=O)O)on2)nn1C. The van der Waals surface area contributed by atoms with Gasteiger partial charge in [0.25, 0.3) is 5.91 Å². The molecule has 2 N–H and O–H groups in total. The predicted molar refractivity (Wildman–Crippen MR) is 61.2 cm³/mol. The second-order valence-corrected chi connectivity index (χ2v) is 3.53. The molecule has 2 aromatic heterocycles. The van der Waals surface area contributed by atoms with Gasteiger partial charge in [0.1, 0.15) is 0 Å². The summed E-state index contributed by atoms with van der Waals surface area (Å²) in [6, 6.07) is 2.54.